The molecule has 3 rings (SSSR count). The van der Waals surface area contributed by atoms with Crippen LogP contribution in [-0.4, -0.2) is 30.9 Å². The summed E-state index contributed by atoms with van der Waals surface area (Å²) in [4.78, 5) is 13.7. The van der Waals surface area contributed by atoms with Gasteiger partial charge in [-0.05, 0) is 0 Å². The second kappa shape index (κ2) is 3.44. The van der Waals surface area contributed by atoms with Crippen molar-refractivity contribution < 1.29 is 9.90 Å². The average molecular weight is 228 g/mol. The molecule has 0 bridgehead atoms. The minimum atomic E-state index is -1.06. The minimum Gasteiger partial charge on any atom is -0.476 e. The molecular weight excluding hydrogens is 220 g/mol. The number of aromatic amines is 1. The summed E-state index contributed by atoms with van der Waals surface area (Å²) in [5.41, 5.74) is 1.46. The SMILES string of the molecule is O=C(O)c1cc2[nH]c(-c3ccccc3)nn2n1. The van der Waals surface area contributed by atoms with Gasteiger partial charge in [-0.2, -0.15) is 0 Å². The van der Waals surface area contributed by atoms with E-state index in [0.29, 0.717) is 11.5 Å². The molecule has 0 saturated carbocycles. The van der Waals surface area contributed by atoms with E-state index in [1.807, 2.05) is 30.3 Å². The Labute approximate surface area is 95.5 Å². The number of carboxylic acid groups (broad SMARTS) is 1. The van der Waals surface area contributed by atoms with Gasteiger partial charge in [0.25, 0.3) is 0 Å². The lowest BCUT2D eigenvalue weighted by atomic mass is 10.2. The Balaban J connectivity index is 2.10. The highest BCUT2D eigenvalue weighted by Gasteiger charge is 2.12. The van der Waals surface area contributed by atoms with Crippen LogP contribution in [-0.2, 0) is 0 Å². The summed E-state index contributed by atoms with van der Waals surface area (Å²) in [5, 5.41) is 16.8. The summed E-state index contributed by atoms with van der Waals surface area (Å²) in [7, 11) is 0. The van der Waals surface area contributed by atoms with Crippen molar-refractivity contribution in [3.05, 3.63) is 42.1 Å². The molecule has 3 aromatic rings. The van der Waals surface area contributed by atoms with Crippen LogP contribution in [0.1, 0.15) is 10.5 Å². The first-order chi connectivity index (χ1) is 8.24. The van der Waals surface area contributed by atoms with Crippen LogP contribution < -0.4 is 0 Å². The number of rotatable bonds is 2. The number of benzene rings is 1. The van der Waals surface area contributed by atoms with Crippen LogP contribution >= 0.6 is 0 Å². The van der Waals surface area contributed by atoms with Crippen molar-refractivity contribution in [1.29, 1.82) is 0 Å². The van der Waals surface area contributed by atoms with E-state index < -0.39 is 5.97 Å². The largest absolute Gasteiger partial charge is 0.476 e. The monoisotopic (exact) mass is 228 g/mol. The maximum absolute atomic E-state index is 10.7. The Kier molecular flexibility index (Phi) is 1.94. The van der Waals surface area contributed by atoms with Crippen LogP contribution in [0, 0.1) is 0 Å². The first-order valence-corrected chi connectivity index (χ1v) is 4.99. The third-order valence-corrected chi connectivity index (χ3v) is 2.40. The Bertz CT molecular complexity index is 652. The highest BCUT2D eigenvalue weighted by molar-refractivity contribution is 5.86. The van der Waals surface area contributed by atoms with Crippen molar-refractivity contribution in [1.82, 2.24) is 19.8 Å². The van der Waals surface area contributed by atoms with Gasteiger partial charge in [0.2, 0.25) is 0 Å². The number of carbonyl (C=O) groups is 1. The van der Waals surface area contributed by atoms with Gasteiger partial charge < -0.3 is 10.1 Å². The predicted octanol–water partition coefficient (Wildman–Crippen LogP) is 1.42. The van der Waals surface area contributed by atoms with Gasteiger partial charge in [0.1, 0.15) is 0 Å². The lowest BCUT2D eigenvalue weighted by Gasteiger charge is -1.92. The number of nitrogens with one attached hydrogen (secondary N) is 1. The highest BCUT2D eigenvalue weighted by atomic mass is 16.4. The molecule has 1 aromatic carbocycles. The van der Waals surface area contributed by atoms with Crippen LogP contribution in [0.2, 0.25) is 0 Å². The van der Waals surface area contributed by atoms with Crippen molar-refractivity contribution in [2.24, 2.45) is 0 Å². The number of aromatic carboxylic acids is 1. The van der Waals surface area contributed by atoms with E-state index in [1.54, 1.807) is 0 Å². The summed E-state index contributed by atoms with van der Waals surface area (Å²) in [6.45, 7) is 0. The third-order valence-electron chi connectivity index (χ3n) is 2.40. The average Bonchev–Trinajstić information content (AvgIpc) is 2.87. The van der Waals surface area contributed by atoms with Crippen LogP contribution in [0.25, 0.3) is 17.0 Å². The van der Waals surface area contributed by atoms with Gasteiger partial charge in [-0.1, -0.05) is 30.3 Å². The van der Waals surface area contributed by atoms with Crippen molar-refractivity contribution in [2.75, 3.05) is 0 Å². The van der Waals surface area contributed by atoms with E-state index in [1.165, 1.54) is 10.7 Å². The molecule has 84 valence electrons. The molecule has 2 heterocycles. The van der Waals surface area contributed by atoms with Gasteiger partial charge in [-0.3, -0.25) is 0 Å². The van der Waals surface area contributed by atoms with E-state index in [2.05, 4.69) is 15.2 Å². The molecule has 0 aliphatic heterocycles. The Morgan fingerprint density at radius 3 is 2.65 bits per heavy atom. The lowest BCUT2D eigenvalue weighted by Crippen LogP contribution is -1.98. The first kappa shape index (κ1) is 9.59. The molecule has 0 amide bonds. The van der Waals surface area contributed by atoms with Gasteiger partial charge in [0.15, 0.2) is 17.2 Å². The predicted molar refractivity (Wildman–Crippen MR) is 59.7 cm³/mol. The summed E-state index contributed by atoms with van der Waals surface area (Å²) in [6, 6.07) is 11.0. The van der Waals surface area contributed by atoms with Crippen molar-refractivity contribution in [3.8, 4) is 11.4 Å². The molecule has 2 aromatic heterocycles. The minimum absolute atomic E-state index is 0.0247. The van der Waals surface area contributed by atoms with E-state index in [9.17, 15) is 4.79 Å². The van der Waals surface area contributed by atoms with Crippen LogP contribution in [0.4, 0.5) is 0 Å². The zero-order valence-corrected chi connectivity index (χ0v) is 8.66. The van der Waals surface area contributed by atoms with Crippen molar-refractivity contribution in [3.63, 3.8) is 0 Å². The standard InChI is InChI=1S/C11H8N4O2/c16-11(17)8-6-9-12-10(14-15(9)13-8)7-4-2-1-3-5-7/h1-6H,(H,12,14)(H,16,17). The fourth-order valence-electron chi connectivity index (χ4n) is 1.61. The number of hydrogen-bond donors (Lipinski definition) is 2. The molecule has 0 atom stereocenters. The second-order valence-electron chi connectivity index (χ2n) is 3.55. The molecule has 0 radical (unpaired) electrons. The normalized spacial score (nSPS) is 10.8. The van der Waals surface area contributed by atoms with E-state index in [4.69, 9.17) is 5.11 Å². The van der Waals surface area contributed by atoms with E-state index >= 15 is 0 Å². The zero-order valence-electron chi connectivity index (χ0n) is 8.66. The quantitative estimate of drug-likeness (QED) is 0.694. The Morgan fingerprint density at radius 1 is 1.24 bits per heavy atom. The zero-order chi connectivity index (χ0) is 11.8. The maximum atomic E-state index is 10.7. The highest BCUT2D eigenvalue weighted by Crippen LogP contribution is 2.15. The molecule has 0 saturated heterocycles. The smallest absolute Gasteiger partial charge is 0.356 e. The number of hydrogen-bond acceptors (Lipinski definition) is 3. The summed E-state index contributed by atoms with van der Waals surface area (Å²) >= 11 is 0. The van der Waals surface area contributed by atoms with Gasteiger partial charge in [0, 0.05) is 11.6 Å². The fourth-order valence-corrected chi connectivity index (χ4v) is 1.61. The maximum Gasteiger partial charge on any atom is 0.356 e. The topological polar surface area (TPSA) is 83.3 Å². The molecule has 17 heavy (non-hydrogen) atoms. The molecule has 0 aliphatic rings. The van der Waals surface area contributed by atoms with Gasteiger partial charge in [0.05, 0.1) is 0 Å². The van der Waals surface area contributed by atoms with E-state index in [0.717, 1.165) is 5.56 Å². The van der Waals surface area contributed by atoms with Crippen molar-refractivity contribution >= 4 is 11.6 Å². The number of H-pyrrole nitrogens is 1. The van der Waals surface area contributed by atoms with Crippen LogP contribution in [0.3, 0.4) is 0 Å². The second-order valence-corrected chi connectivity index (χ2v) is 3.55. The van der Waals surface area contributed by atoms with Crippen molar-refractivity contribution in [2.45, 2.75) is 0 Å². The van der Waals surface area contributed by atoms with Gasteiger partial charge in [-0.25, -0.2) is 4.79 Å². The summed E-state index contributed by atoms with van der Waals surface area (Å²) < 4.78 is 1.28. The molecule has 0 unspecified atom stereocenters. The molecule has 0 fully saturated rings. The third kappa shape index (κ3) is 1.55. The molecule has 0 spiro atoms. The van der Waals surface area contributed by atoms with Crippen LogP contribution in [0.15, 0.2) is 36.4 Å². The number of nitrogens with zero attached hydrogens (tertiary/aromatic N) is 3. The molecule has 6 nitrogen and oxygen atoms in total. The first-order valence-electron chi connectivity index (χ1n) is 4.99. The molecule has 2 N–H and O–H groups in total. The Morgan fingerprint density at radius 2 is 2.00 bits per heavy atom. The summed E-state index contributed by atoms with van der Waals surface area (Å²) in [5.74, 6) is -0.407. The van der Waals surface area contributed by atoms with Crippen LogP contribution in [0.5, 0.6) is 0 Å². The Hall–Kier alpha value is -2.63. The fraction of sp³-hybridized carbons (Fsp3) is 0. The van der Waals surface area contributed by atoms with E-state index in [-0.39, 0.29) is 5.69 Å². The molecule has 6 heteroatoms. The van der Waals surface area contributed by atoms with Gasteiger partial charge >= 0.3 is 5.97 Å². The molecular formula is C11H8N4O2. The number of carboxylic acids is 1. The summed E-state index contributed by atoms with van der Waals surface area (Å²) in [6.07, 6.45) is 0. The number of fused-ring (bicyclic) bond motifs is 1. The van der Waals surface area contributed by atoms with Gasteiger partial charge in [-0.15, -0.1) is 14.8 Å². The lowest BCUT2D eigenvalue weighted by molar-refractivity contribution is 0.0690. The molecule has 0 aliphatic carbocycles. The number of aromatic nitrogens is 4.